The van der Waals surface area contributed by atoms with Gasteiger partial charge in [-0.25, -0.2) is 28.4 Å². The van der Waals surface area contributed by atoms with Crippen molar-refractivity contribution >= 4 is 20.6 Å². The zero-order chi connectivity index (χ0) is 41.4. The lowest BCUT2D eigenvalue weighted by Gasteiger charge is -2.43. The summed E-state index contributed by atoms with van der Waals surface area (Å²) in [5.41, 5.74) is 11.3. The number of hydrogen-bond donors (Lipinski definition) is 0. The van der Waals surface area contributed by atoms with Crippen molar-refractivity contribution < 1.29 is 8.42 Å². The van der Waals surface area contributed by atoms with Crippen LogP contribution in [0.25, 0.3) is 78.3 Å². The van der Waals surface area contributed by atoms with E-state index in [9.17, 15) is 0 Å². The Morgan fingerprint density at radius 3 is 1.71 bits per heavy atom. The molecule has 1 spiro atoms. The fraction of sp³-hybridized carbons (Fsp3) is 0.0182. The highest BCUT2D eigenvalue weighted by atomic mass is 32.2. The standard InChI is InChI=1S/C55H34N4O2S/c60-62(61)51-26-14-13-25-46(51)55(47-30-28-35-15-7-8-20-40(35)52(47)62)45-24-12-11-23-43(45)41-21-9-10-22-42(41)44-29-27-38(31-48(44)55)54-58-49(36-16-3-1-4-17-36)32-50(59-54)39-33-56-53(57-34-39)37-18-5-2-6-19-37/h1-34H. The van der Waals surface area contributed by atoms with Crippen molar-refractivity contribution in [3.05, 3.63) is 229 Å². The van der Waals surface area contributed by atoms with Crippen LogP contribution in [0.5, 0.6) is 0 Å². The fourth-order valence-corrected chi connectivity index (χ4v) is 11.7. The van der Waals surface area contributed by atoms with Crippen molar-refractivity contribution in [3.63, 3.8) is 0 Å². The third-order valence-electron chi connectivity index (χ3n) is 12.4. The Morgan fingerprint density at radius 2 is 0.968 bits per heavy atom. The molecular weight excluding hydrogens is 781 g/mol. The van der Waals surface area contributed by atoms with Gasteiger partial charge in [0.15, 0.2) is 11.6 Å². The minimum absolute atomic E-state index is 0.296. The monoisotopic (exact) mass is 814 g/mol. The second-order valence-corrected chi connectivity index (χ2v) is 17.6. The van der Waals surface area contributed by atoms with Crippen molar-refractivity contribution in [2.45, 2.75) is 15.2 Å². The molecule has 7 heteroatoms. The molecule has 0 saturated heterocycles. The van der Waals surface area contributed by atoms with E-state index in [-0.39, 0.29) is 0 Å². The molecule has 8 aromatic carbocycles. The van der Waals surface area contributed by atoms with Gasteiger partial charge in [-0.05, 0) is 68.1 Å². The molecule has 6 nitrogen and oxygen atoms in total. The van der Waals surface area contributed by atoms with Gasteiger partial charge in [-0.15, -0.1) is 0 Å². The average Bonchev–Trinajstić information content (AvgIpc) is 3.45. The number of aromatic nitrogens is 4. The summed E-state index contributed by atoms with van der Waals surface area (Å²) in [6.45, 7) is 0. The molecule has 0 amide bonds. The van der Waals surface area contributed by atoms with Gasteiger partial charge in [-0.2, -0.15) is 0 Å². The molecule has 0 radical (unpaired) electrons. The van der Waals surface area contributed by atoms with Gasteiger partial charge in [0.25, 0.3) is 0 Å². The molecule has 1 aliphatic carbocycles. The molecule has 10 aromatic rings. The highest BCUT2D eigenvalue weighted by molar-refractivity contribution is 7.92. The molecule has 0 N–H and O–H groups in total. The number of benzene rings is 8. The van der Waals surface area contributed by atoms with Crippen molar-refractivity contribution in [1.29, 1.82) is 0 Å². The third-order valence-corrected chi connectivity index (χ3v) is 14.3. The van der Waals surface area contributed by atoms with Gasteiger partial charge in [-0.1, -0.05) is 176 Å². The molecule has 2 aromatic heterocycles. The molecule has 0 bridgehead atoms. The smallest absolute Gasteiger partial charge is 0.207 e. The second-order valence-electron chi connectivity index (χ2n) is 15.8. The molecule has 12 rings (SSSR count). The quantitative estimate of drug-likeness (QED) is 0.176. The molecule has 3 heterocycles. The van der Waals surface area contributed by atoms with E-state index >= 15 is 8.42 Å². The molecule has 292 valence electrons. The predicted octanol–water partition coefficient (Wildman–Crippen LogP) is 12.3. The Kier molecular flexibility index (Phi) is 8.04. The normalized spacial score (nSPS) is 15.4. The van der Waals surface area contributed by atoms with E-state index < -0.39 is 15.3 Å². The first-order valence-electron chi connectivity index (χ1n) is 20.5. The van der Waals surface area contributed by atoms with Gasteiger partial charge in [0.1, 0.15) is 0 Å². The molecule has 1 aliphatic heterocycles. The van der Waals surface area contributed by atoms with Crippen LogP contribution < -0.4 is 0 Å². The number of nitrogens with zero attached hydrogens (tertiary/aromatic N) is 4. The van der Waals surface area contributed by atoms with Gasteiger partial charge < -0.3 is 0 Å². The van der Waals surface area contributed by atoms with E-state index in [1.165, 1.54) is 0 Å². The van der Waals surface area contributed by atoms with Crippen LogP contribution >= 0.6 is 0 Å². The molecule has 1 unspecified atom stereocenters. The lowest BCUT2D eigenvalue weighted by Crippen LogP contribution is -2.38. The maximum atomic E-state index is 15.2. The van der Waals surface area contributed by atoms with Crippen LogP contribution in [0.2, 0.25) is 0 Å². The summed E-state index contributed by atoms with van der Waals surface area (Å²) in [5.74, 6) is 1.15. The SMILES string of the molecule is O=S1(=O)c2ccccc2C2(c3ccccc3-c3ccccc3-c3ccc(-c4nc(-c5ccccc5)cc(-c5cnc(-c6ccccc6)nc5)n4)cc32)c2ccc3ccccc3c21. The minimum Gasteiger partial charge on any atom is -0.236 e. The van der Waals surface area contributed by atoms with Crippen LogP contribution in [0.1, 0.15) is 22.3 Å². The number of fused-ring (bicyclic) bond motifs is 13. The van der Waals surface area contributed by atoms with Crippen molar-refractivity contribution in [2.24, 2.45) is 0 Å². The summed E-state index contributed by atoms with van der Waals surface area (Å²) in [4.78, 5) is 20.7. The first kappa shape index (κ1) is 36.0. The minimum atomic E-state index is -3.98. The van der Waals surface area contributed by atoms with Gasteiger partial charge in [0.05, 0.1) is 26.6 Å². The summed E-state index contributed by atoms with van der Waals surface area (Å²) >= 11 is 0. The number of rotatable bonds is 4. The zero-order valence-electron chi connectivity index (χ0n) is 33.1. The summed E-state index contributed by atoms with van der Waals surface area (Å²) in [6.07, 6.45) is 3.63. The van der Waals surface area contributed by atoms with Crippen LogP contribution in [0.15, 0.2) is 216 Å². The van der Waals surface area contributed by atoms with E-state index in [2.05, 4.69) is 72.8 Å². The van der Waals surface area contributed by atoms with E-state index in [0.29, 0.717) is 43.6 Å². The van der Waals surface area contributed by atoms with Gasteiger partial charge in [0, 0.05) is 40.0 Å². The first-order valence-corrected chi connectivity index (χ1v) is 22.0. The van der Waals surface area contributed by atoms with E-state index in [1.807, 2.05) is 128 Å². The maximum Gasteiger partial charge on any atom is 0.207 e. The van der Waals surface area contributed by atoms with Crippen LogP contribution in [0, 0.1) is 0 Å². The third kappa shape index (κ3) is 5.31. The topological polar surface area (TPSA) is 85.7 Å². The van der Waals surface area contributed by atoms with Crippen LogP contribution in [-0.4, -0.2) is 28.4 Å². The average molecular weight is 815 g/mol. The summed E-state index contributed by atoms with van der Waals surface area (Å²) < 4.78 is 30.3. The molecule has 2 aliphatic rings. The van der Waals surface area contributed by atoms with Crippen molar-refractivity contribution in [2.75, 3.05) is 0 Å². The summed E-state index contributed by atoms with van der Waals surface area (Å²) in [7, 11) is -3.98. The fourth-order valence-electron chi connectivity index (χ4n) is 9.72. The van der Waals surface area contributed by atoms with Gasteiger partial charge >= 0.3 is 0 Å². The summed E-state index contributed by atoms with van der Waals surface area (Å²) in [6, 6.07) is 64.8. The van der Waals surface area contributed by atoms with E-state index in [1.54, 1.807) is 6.07 Å². The predicted molar refractivity (Wildman–Crippen MR) is 245 cm³/mol. The lowest BCUT2D eigenvalue weighted by molar-refractivity contribution is 0.581. The van der Waals surface area contributed by atoms with Crippen LogP contribution in [0.4, 0.5) is 0 Å². The molecule has 0 saturated carbocycles. The molecule has 0 fully saturated rings. The maximum absolute atomic E-state index is 15.2. The Balaban J connectivity index is 1.18. The second kappa shape index (κ2) is 13.8. The van der Waals surface area contributed by atoms with Gasteiger partial charge in [-0.3, -0.25) is 0 Å². The zero-order valence-corrected chi connectivity index (χ0v) is 34.0. The van der Waals surface area contributed by atoms with Crippen LogP contribution in [-0.2, 0) is 15.3 Å². The largest absolute Gasteiger partial charge is 0.236 e. The summed E-state index contributed by atoms with van der Waals surface area (Å²) in [5, 5.41) is 1.56. The molecule has 62 heavy (non-hydrogen) atoms. The first-order chi connectivity index (χ1) is 30.5. The lowest BCUT2D eigenvalue weighted by atomic mass is 9.62. The Morgan fingerprint density at radius 1 is 0.387 bits per heavy atom. The van der Waals surface area contributed by atoms with Crippen LogP contribution in [0.3, 0.4) is 0 Å². The highest BCUT2D eigenvalue weighted by Gasteiger charge is 2.52. The van der Waals surface area contributed by atoms with E-state index in [4.69, 9.17) is 19.9 Å². The van der Waals surface area contributed by atoms with E-state index in [0.717, 1.165) is 66.7 Å². The Bertz CT molecular complexity index is 3540. The van der Waals surface area contributed by atoms with Crippen molar-refractivity contribution in [1.82, 2.24) is 19.9 Å². The van der Waals surface area contributed by atoms with Crippen molar-refractivity contribution in [3.8, 4) is 67.5 Å². The Labute approximate surface area is 358 Å². The molecular formula is C55H34N4O2S. The Hall–Kier alpha value is -7.87. The highest BCUT2D eigenvalue weighted by Crippen LogP contribution is 2.60. The number of hydrogen-bond acceptors (Lipinski definition) is 6. The van der Waals surface area contributed by atoms with Gasteiger partial charge in [0.2, 0.25) is 9.84 Å². The number of sulfone groups is 1. The molecule has 1 atom stereocenters.